The first-order valence-electron chi connectivity index (χ1n) is 18.0. The quantitative estimate of drug-likeness (QED) is 0.111. The van der Waals surface area contributed by atoms with Gasteiger partial charge in [-0.1, -0.05) is 126 Å². The fraction of sp³-hybridized carbons (Fsp3) is 0.500. The Labute approximate surface area is 332 Å². The first kappa shape index (κ1) is 43.6. The monoisotopic (exact) mass is 808 g/mol. The molecule has 11 nitrogen and oxygen atoms in total. The van der Waals surface area contributed by atoms with Crippen molar-refractivity contribution < 1.29 is 43.1 Å². The van der Waals surface area contributed by atoms with Gasteiger partial charge in [-0.2, -0.15) is 0 Å². The second-order valence-electron chi connectivity index (χ2n) is 14.0. The predicted octanol–water partition coefficient (Wildman–Crippen LogP) is 7.66. The van der Waals surface area contributed by atoms with E-state index in [2.05, 4.69) is 10.6 Å². The fourth-order valence-corrected chi connectivity index (χ4v) is 6.15. The maximum Gasteiger partial charge on any atom is 0.407 e. The van der Waals surface area contributed by atoms with E-state index in [0.717, 1.165) is 16.7 Å². The van der Waals surface area contributed by atoms with Crippen molar-refractivity contribution in [3.63, 3.8) is 0 Å². The van der Waals surface area contributed by atoms with Gasteiger partial charge in [-0.15, -0.1) is 0 Å². The van der Waals surface area contributed by atoms with Crippen LogP contribution in [0.5, 0.6) is 0 Å². The number of carbonyl (C=O) groups is 2. The van der Waals surface area contributed by atoms with Crippen LogP contribution in [0.1, 0.15) is 56.7 Å². The molecule has 0 bridgehead atoms. The van der Waals surface area contributed by atoms with Gasteiger partial charge in [-0.25, -0.2) is 9.59 Å². The van der Waals surface area contributed by atoms with Crippen molar-refractivity contribution in [2.45, 2.75) is 106 Å². The van der Waals surface area contributed by atoms with E-state index < -0.39 is 64.7 Å². The molecule has 0 aromatic heterocycles. The number of hydrogen-bond acceptors (Lipinski definition) is 9. The Hall–Kier alpha value is -3.13. The lowest BCUT2D eigenvalue weighted by atomic mass is 9.89. The Bertz CT molecular complexity index is 1530. The Morgan fingerprint density at radius 1 is 0.759 bits per heavy atom. The topological polar surface area (TPSA) is 134 Å². The van der Waals surface area contributed by atoms with Crippen LogP contribution in [0, 0.1) is 0 Å². The number of rotatable bonds is 18. The SMILES string of the molecule is CC(C)(C)OC(=O)N[C@H](CCO)CC[C@@H]1O[C@H](COCc2ccccc2)[C@@H](OCc2ccccc2)[C@H](OCc2ccccc2)[C@H]1NC(=O)OCC(Cl)(Cl)Cl. The molecule has 1 saturated heterocycles. The van der Waals surface area contributed by atoms with E-state index in [4.69, 9.17) is 63.2 Å². The molecular formula is C40H51Cl3N2O9. The van der Waals surface area contributed by atoms with Gasteiger partial charge in [0.05, 0.1) is 38.6 Å². The molecule has 3 aromatic carbocycles. The van der Waals surface area contributed by atoms with Crippen LogP contribution in [-0.4, -0.2) is 83.0 Å². The lowest BCUT2D eigenvalue weighted by Gasteiger charge is -2.47. The normalized spacial score (nSPS) is 20.8. The van der Waals surface area contributed by atoms with E-state index in [1.165, 1.54) is 0 Å². The van der Waals surface area contributed by atoms with E-state index in [-0.39, 0.29) is 32.8 Å². The lowest BCUT2D eigenvalue weighted by Crippen LogP contribution is -2.65. The third kappa shape index (κ3) is 15.9. The number of aliphatic hydroxyl groups is 1. The molecule has 3 aromatic rings. The zero-order valence-corrected chi connectivity index (χ0v) is 33.1. The van der Waals surface area contributed by atoms with Crippen LogP contribution < -0.4 is 10.6 Å². The molecule has 1 aliphatic rings. The summed E-state index contributed by atoms with van der Waals surface area (Å²) in [5, 5.41) is 15.7. The minimum Gasteiger partial charge on any atom is -0.445 e. The number of halogens is 3. The molecule has 14 heteroatoms. The molecule has 0 unspecified atom stereocenters. The highest BCUT2D eigenvalue weighted by Crippen LogP contribution is 2.32. The summed E-state index contributed by atoms with van der Waals surface area (Å²) >= 11 is 17.7. The van der Waals surface area contributed by atoms with Crippen LogP contribution in [0.15, 0.2) is 91.0 Å². The van der Waals surface area contributed by atoms with E-state index >= 15 is 0 Å². The highest BCUT2D eigenvalue weighted by atomic mass is 35.6. The molecule has 6 atom stereocenters. The summed E-state index contributed by atoms with van der Waals surface area (Å²) in [6.07, 6.45) is -3.46. The molecule has 1 heterocycles. The van der Waals surface area contributed by atoms with Gasteiger partial charge in [-0.3, -0.25) is 0 Å². The number of ether oxygens (including phenoxy) is 6. The van der Waals surface area contributed by atoms with Crippen molar-refractivity contribution in [3.05, 3.63) is 108 Å². The van der Waals surface area contributed by atoms with Gasteiger partial charge < -0.3 is 44.2 Å². The third-order valence-corrected chi connectivity index (χ3v) is 8.74. The maximum atomic E-state index is 13.3. The fourth-order valence-electron chi connectivity index (χ4n) is 5.98. The summed E-state index contributed by atoms with van der Waals surface area (Å²) in [4.78, 5) is 26.1. The van der Waals surface area contributed by atoms with E-state index in [1.807, 2.05) is 91.0 Å². The van der Waals surface area contributed by atoms with Crippen molar-refractivity contribution >= 4 is 47.0 Å². The zero-order chi connectivity index (χ0) is 39.0. The number of hydrogen-bond donors (Lipinski definition) is 3. The highest BCUT2D eigenvalue weighted by molar-refractivity contribution is 6.67. The number of carbonyl (C=O) groups excluding carboxylic acids is 2. The summed E-state index contributed by atoms with van der Waals surface area (Å²) in [6, 6.07) is 27.8. The minimum absolute atomic E-state index is 0.136. The molecule has 1 aliphatic heterocycles. The van der Waals surface area contributed by atoms with Crippen LogP contribution in [0.2, 0.25) is 0 Å². The van der Waals surface area contributed by atoms with Crippen LogP contribution in [0.25, 0.3) is 0 Å². The maximum absolute atomic E-state index is 13.3. The van der Waals surface area contributed by atoms with Crippen LogP contribution in [-0.2, 0) is 48.2 Å². The average molecular weight is 810 g/mol. The van der Waals surface area contributed by atoms with Crippen molar-refractivity contribution in [3.8, 4) is 0 Å². The van der Waals surface area contributed by atoms with E-state index in [1.54, 1.807) is 20.8 Å². The second-order valence-corrected chi connectivity index (χ2v) is 16.5. The molecule has 0 spiro atoms. The lowest BCUT2D eigenvalue weighted by molar-refractivity contribution is -0.233. The number of alkyl halides is 3. The Morgan fingerprint density at radius 3 is 1.81 bits per heavy atom. The minimum atomic E-state index is -1.84. The number of amides is 2. The molecule has 4 rings (SSSR count). The van der Waals surface area contributed by atoms with Gasteiger partial charge >= 0.3 is 12.2 Å². The second kappa shape index (κ2) is 21.8. The molecule has 0 saturated carbocycles. The van der Waals surface area contributed by atoms with Crippen molar-refractivity contribution in [2.24, 2.45) is 0 Å². The van der Waals surface area contributed by atoms with Crippen molar-refractivity contribution in [2.75, 3.05) is 19.8 Å². The molecule has 54 heavy (non-hydrogen) atoms. The molecule has 0 radical (unpaired) electrons. The van der Waals surface area contributed by atoms with Crippen LogP contribution in [0.4, 0.5) is 9.59 Å². The number of benzene rings is 3. The van der Waals surface area contributed by atoms with Crippen LogP contribution in [0.3, 0.4) is 0 Å². The third-order valence-electron chi connectivity index (χ3n) is 8.41. The molecule has 1 fully saturated rings. The summed E-state index contributed by atoms with van der Waals surface area (Å²) in [5.41, 5.74) is 2.10. The van der Waals surface area contributed by atoms with E-state index in [0.29, 0.717) is 19.4 Å². The highest BCUT2D eigenvalue weighted by Gasteiger charge is 2.48. The Balaban J connectivity index is 1.67. The van der Waals surface area contributed by atoms with Gasteiger partial charge in [0.2, 0.25) is 3.79 Å². The van der Waals surface area contributed by atoms with Gasteiger partial charge in [0.25, 0.3) is 0 Å². The molecule has 0 aliphatic carbocycles. The zero-order valence-electron chi connectivity index (χ0n) is 30.8. The summed E-state index contributed by atoms with van der Waals surface area (Å²) < 4.78 is 35.3. The Morgan fingerprint density at radius 2 is 1.30 bits per heavy atom. The number of alkyl carbamates (subject to hydrolysis) is 2. The molecule has 2 amide bonds. The average Bonchev–Trinajstić information content (AvgIpc) is 3.12. The molecular weight excluding hydrogens is 759 g/mol. The summed E-state index contributed by atoms with van der Waals surface area (Å²) in [6.45, 7) is 5.52. The Kier molecular flexibility index (Phi) is 17.6. The predicted molar refractivity (Wildman–Crippen MR) is 207 cm³/mol. The number of nitrogens with one attached hydrogen (secondary N) is 2. The van der Waals surface area contributed by atoms with Gasteiger partial charge in [-0.05, 0) is 56.7 Å². The first-order chi connectivity index (χ1) is 25.8. The standard InChI is InChI=1S/C40H51Cl3N2O9/c1-39(2,3)54-38(48)44-31(21-22-46)19-20-32-34(45-37(47)52-27-40(41,42)43)36(51-25-30-17-11-6-12-18-30)35(50-24-29-15-9-5-10-16-29)33(53-32)26-49-23-28-13-7-4-8-14-28/h4-18,31-36,46H,19-27H2,1-3H3,(H,44,48)(H,45,47)/t31-,32-,33+,34-,35+,36+/m0/s1. The first-order valence-corrected chi connectivity index (χ1v) is 19.1. The van der Waals surface area contributed by atoms with Crippen molar-refractivity contribution in [1.29, 1.82) is 0 Å². The van der Waals surface area contributed by atoms with E-state index in [9.17, 15) is 14.7 Å². The molecule has 3 N–H and O–H groups in total. The molecule has 296 valence electrons. The van der Waals surface area contributed by atoms with Crippen LogP contribution >= 0.6 is 34.8 Å². The van der Waals surface area contributed by atoms with Gasteiger partial charge in [0.15, 0.2) is 0 Å². The largest absolute Gasteiger partial charge is 0.445 e. The summed E-state index contributed by atoms with van der Waals surface area (Å²) in [5.74, 6) is 0. The number of aliphatic hydroxyl groups excluding tert-OH is 1. The van der Waals surface area contributed by atoms with Gasteiger partial charge in [0.1, 0.15) is 30.5 Å². The van der Waals surface area contributed by atoms with Crippen molar-refractivity contribution in [1.82, 2.24) is 10.6 Å². The van der Waals surface area contributed by atoms with Gasteiger partial charge in [0, 0.05) is 12.6 Å². The smallest absolute Gasteiger partial charge is 0.407 e. The summed E-state index contributed by atoms with van der Waals surface area (Å²) in [7, 11) is 0.